The van der Waals surface area contributed by atoms with E-state index in [2.05, 4.69) is 35.2 Å². The number of nitrogens with zero attached hydrogens (tertiary/aromatic N) is 2. The molecule has 1 aliphatic heterocycles. The molecule has 114 valence electrons. The Hall–Kier alpha value is -1.51. The van der Waals surface area contributed by atoms with Crippen LogP contribution in [0.2, 0.25) is 0 Å². The molecule has 3 nitrogen and oxygen atoms in total. The first-order valence-corrected chi connectivity index (χ1v) is 8.36. The summed E-state index contributed by atoms with van der Waals surface area (Å²) < 4.78 is 0. The van der Waals surface area contributed by atoms with E-state index in [0.717, 1.165) is 32.0 Å². The van der Waals surface area contributed by atoms with Crippen LogP contribution >= 0.6 is 0 Å². The van der Waals surface area contributed by atoms with Gasteiger partial charge in [0.05, 0.1) is 0 Å². The second-order valence-electron chi connectivity index (χ2n) is 6.74. The molecular weight excluding hydrogens is 258 g/mol. The summed E-state index contributed by atoms with van der Waals surface area (Å²) in [4.78, 5) is 7.02. The zero-order valence-electron chi connectivity index (χ0n) is 12.9. The van der Waals surface area contributed by atoms with Gasteiger partial charge in [-0.3, -0.25) is 4.99 Å². The molecule has 0 aromatic heterocycles. The van der Waals surface area contributed by atoms with Crippen molar-refractivity contribution in [2.45, 2.75) is 44.9 Å². The van der Waals surface area contributed by atoms with Gasteiger partial charge in [-0.25, -0.2) is 0 Å². The number of aliphatic imine (C=N–C) groups is 1. The van der Waals surface area contributed by atoms with Crippen LogP contribution in [0, 0.1) is 5.41 Å². The van der Waals surface area contributed by atoms with Gasteiger partial charge in [0.1, 0.15) is 0 Å². The number of rotatable bonds is 4. The van der Waals surface area contributed by atoms with E-state index in [4.69, 9.17) is 10.7 Å². The van der Waals surface area contributed by atoms with Crippen LogP contribution in [0.25, 0.3) is 0 Å². The third-order valence-corrected chi connectivity index (χ3v) is 4.89. The van der Waals surface area contributed by atoms with Crippen LogP contribution in [0.4, 0.5) is 0 Å². The Morgan fingerprint density at radius 1 is 1.05 bits per heavy atom. The Bertz CT molecular complexity index is 468. The van der Waals surface area contributed by atoms with E-state index in [1.54, 1.807) is 0 Å². The van der Waals surface area contributed by atoms with Crippen LogP contribution in [-0.2, 0) is 6.42 Å². The highest BCUT2D eigenvalue weighted by atomic mass is 15.2. The van der Waals surface area contributed by atoms with Gasteiger partial charge in [-0.2, -0.15) is 0 Å². The monoisotopic (exact) mass is 285 g/mol. The molecule has 1 aromatic rings. The van der Waals surface area contributed by atoms with Gasteiger partial charge < -0.3 is 10.6 Å². The van der Waals surface area contributed by atoms with Gasteiger partial charge in [0.2, 0.25) is 0 Å². The number of benzene rings is 1. The number of hydrogen-bond acceptors (Lipinski definition) is 1. The molecule has 2 N–H and O–H groups in total. The molecule has 0 spiro atoms. The predicted octanol–water partition coefficient (Wildman–Crippen LogP) is 3.20. The third kappa shape index (κ3) is 3.99. The van der Waals surface area contributed by atoms with Crippen LogP contribution in [-0.4, -0.2) is 30.5 Å². The van der Waals surface area contributed by atoms with Gasteiger partial charge in [-0.15, -0.1) is 0 Å². The second-order valence-corrected chi connectivity index (χ2v) is 6.74. The van der Waals surface area contributed by atoms with Crippen LogP contribution < -0.4 is 5.73 Å². The molecule has 0 bridgehead atoms. The smallest absolute Gasteiger partial charge is 0.191 e. The summed E-state index contributed by atoms with van der Waals surface area (Å²) in [6.07, 6.45) is 8.90. The van der Waals surface area contributed by atoms with Crippen molar-refractivity contribution in [1.82, 2.24) is 4.90 Å². The molecule has 1 saturated carbocycles. The summed E-state index contributed by atoms with van der Waals surface area (Å²) in [6, 6.07) is 10.8. The van der Waals surface area contributed by atoms with Crippen molar-refractivity contribution in [3.05, 3.63) is 35.9 Å². The summed E-state index contributed by atoms with van der Waals surface area (Å²) in [5.41, 5.74) is 8.04. The maximum atomic E-state index is 6.22. The Morgan fingerprint density at radius 3 is 2.33 bits per heavy atom. The molecule has 1 aliphatic carbocycles. The molecule has 3 rings (SSSR count). The van der Waals surface area contributed by atoms with Gasteiger partial charge >= 0.3 is 0 Å². The van der Waals surface area contributed by atoms with Gasteiger partial charge in [-0.05, 0) is 43.1 Å². The molecule has 3 heteroatoms. The summed E-state index contributed by atoms with van der Waals surface area (Å²) in [5.74, 6) is 0.774. The minimum atomic E-state index is 0.387. The first kappa shape index (κ1) is 14.4. The lowest BCUT2D eigenvalue weighted by atomic mass is 9.97. The lowest BCUT2D eigenvalue weighted by Gasteiger charge is -2.22. The van der Waals surface area contributed by atoms with Crippen molar-refractivity contribution < 1.29 is 0 Å². The van der Waals surface area contributed by atoms with E-state index >= 15 is 0 Å². The first-order valence-electron chi connectivity index (χ1n) is 8.36. The molecule has 2 aliphatic rings. The highest BCUT2D eigenvalue weighted by Crippen LogP contribution is 2.48. The van der Waals surface area contributed by atoms with Gasteiger partial charge in [0.25, 0.3) is 0 Å². The zero-order valence-corrected chi connectivity index (χ0v) is 12.9. The lowest BCUT2D eigenvalue weighted by molar-refractivity contribution is 0.423. The Kier molecular flexibility index (Phi) is 4.47. The average molecular weight is 285 g/mol. The van der Waals surface area contributed by atoms with Gasteiger partial charge in [0.15, 0.2) is 5.96 Å². The van der Waals surface area contributed by atoms with Crippen molar-refractivity contribution in [3.8, 4) is 0 Å². The number of likely N-dealkylation sites (tertiary alicyclic amines) is 1. The second kappa shape index (κ2) is 6.50. The lowest BCUT2D eigenvalue weighted by Crippen LogP contribution is -2.38. The molecule has 0 atom stereocenters. The predicted molar refractivity (Wildman–Crippen MR) is 88.3 cm³/mol. The van der Waals surface area contributed by atoms with Crippen molar-refractivity contribution in [2.75, 3.05) is 19.6 Å². The largest absolute Gasteiger partial charge is 0.370 e. The van der Waals surface area contributed by atoms with Crippen molar-refractivity contribution >= 4 is 5.96 Å². The average Bonchev–Trinajstić information content (AvgIpc) is 3.30. The van der Waals surface area contributed by atoms with Crippen molar-refractivity contribution in [2.24, 2.45) is 16.1 Å². The number of hydrogen-bond donors (Lipinski definition) is 1. The molecule has 0 amide bonds. The highest BCUT2D eigenvalue weighted by Gasteiger charge is 2.42. The maximum Gasteiger partial charge on any atom is 0.191 e. The van der Waals surface area contributed by atoms with Crippen molar-refractivity contribution in [1.29, 1.82) is 0 Å². The maximum absolute atomic E-state index is 6.22. The van der Waals surface area contributed by atoms with E-state index in [9.17, 15) is 0 Å². The SMILES string of the molecule is NC(=NCC1(Cc2ccccc2)CC1)N1CCCCCC1. The third-order valence-electron chi connectivity index (χ3n) is 4.89. The molecule has 2 fully saturated rings. The fourth-order valence-electron chi connectivity index (χ4n) is 3.24. The highest BCUT2D eigenvalue weighted by molar-refractivity contribution is 5.78. The first-order chi connectivity index (χ1) is 10.3. The summed E-state index contributed by atoms with van der Waals surface area (Å²) in [6.45, 7) is 3.06. The number of guanidine groups is 1. The quantitative estimate of drug-likeness (QED) is 0.682. The minimum Gasteiger partial charge on any atom is -0.370 e. The Morgan fingerprint density at radius 2 is 1.71 bits per heavy atom. The molecule has 0 radical (unpaired) electrons. The van der Waals surface area contributed by atoms with Gasteiger partial charge in [0, 0.05) is 19.6 Å². The molecule has 1 heterocycles. The standard InChI is InChI=1S/C18H27N3/c19-17(21-12-6-1-2-7-13-21)20-15-18(10-11-18)14-16-8-4-3-5-9-16/h3-5,8-9H,1-2,6-7,10-15H2,(H2,19,20). The molecule has 21 heavy (non-hydrogen) atoms. The fraction of sp³-hybridized carbons (Fsp3) is 0.611. The van der Waals surface area contributed by atoms with E-state index in [1.165, 1.54) is 44.1 Å². The van der Waals surface area contributed by atoms with Crippen LogP contribution in [0.1, 0.15) is 44.1 Å². The van der Waals surface area contributed by atoms with Crippen LogP contribution in [0.5, 0.6) is 0 Å². The molecule has 1 aromatic carbocycles. The molecule has 0 unspecified atom stereocenters. The fourth-order valence-corrected chi connectivity index (χ4v) is 3.24. The van der Waals surface area contributed by atoms with E-state index in [1.807, 2.05) is 0 Å². The normalized spacial score (nSPS) is 21.9. The zero-order chi connectivity index (χ0) is 14.5. The van der Waals surface area contributed by atoms with Crippen LogP contribution in [0.3, 0.4) is 0 Å². The van der Waals surface area contributed by atoms with E-state index < -0.39 is 0 Å². The molecular formula is C18H27N3. The Labute approximate surface area is 128 Å². The van der Waals surface area contributed by atoms with E-state index in [-0.39, 0.29) is 0 Å². The van der Waals surface area contributed by atoms with E-state index in [0.29, 0.717) is 5.41 Å². The summed E-state index contributed by atoms with van der Waals surface area (Å²) >= 11 is 0. The van der Waals surface area contributed by atoms with Crippen molar-refractivity contribution in [3.63, 3.8) is 0 Å². The summed E-state index contributed by atoms with van der Waals surface area (Å²) in [7, 11) is 0. The topological polar surface area (TPSA) is 41.6 Å². The van der Waals surface area contributed by atoms with Gasteiger partial charge in [-0.1, -0.05) is 43.2 Å². The minimum absolute atomic E-state index is 0.387. The van der Waals surface area contributed by atoms with Crippen LogP contribution in [0.15, 0.2) is 35.3 Å². The number of nitrogens with two attached hydrogens (primary N) is 1. The summed E-state index contributed by atoms with van der Waals surface area (Å²) in [5, 5.41) is 0. The Balaban J connectivity index is 1.56. The molecule has 1 saturated heterocycles.